The molecule has 1 fully saturated rings. The number of aromatic nitrogens is 4. The zero-order chi connectivity index (χ0) is 18.8. The van der Waals surface area contributed by atoms with Gasteiger partial charge in [0.25, 0.3) is 0 Å². The van der Waals surface area contributed by atoms with Crippen LogP contribution in [-0.2, 0) is 11.3 Å². The number of hydrogen-bond acceptors (Lipinski definition) is 5. The first-order valence-corrected chi connectivity index (χ1v) is 9.36. The first-order chi connectivity index (χ1) is 13.1. The van der Waals surface area contributed by atoms with E-state index in [1.165, 1.54) is 5.69 Å². The molecule has 4 rings (SSSR count). The lowest BCUT2D eigenvalue weighted by Crippen LogP contribution is -2.49. The highest BCUT2D eigenvalue weighted by Crippen LogP contribution is 2.19. The van der Waals surface area contributed by atoms with Gasteiger partial charge in [-0.1, -0.05) is 17.3 Å². The first kappa shape index (κ1) is 17.5. The Balaban J connectivity index is 1.33. The van der Waals surface area contributed by atoms with Crippen molar-refractivity contribution in [3.8, 4) is 0 Å². The van der Waals surface area contributed by atoms with E-state index in [-0.39, 0.29) is 5.91 Å². The third kappa shape index (κ3) is 3.77. The van der Waals surface area contributed by atoms with E-state index < -0.39 is 0 Å². The first-order valence-electron chi connectivity index (χ1n) is 9.36. The van der Waals surface area contributed by atoms with Gasteiger partial charge in [0.05, 0.1) is 12.1 Å². The number of anilines is 1. The lowest BCUT2D eigenvalue weighted by molar-refractivity contribution is -0.131. The fraction of sp³-hybridized carbons (Fsp3) is 0.400. The average molecular weight is 364 g/mol. The van der Waals surface area contributed by atoms with Crippen LogP contribution in [0.25, 0.3) is 11.0 Å². The van der Waals surface area contributed by atoms with Crippen LogP contribution in [0.3, 0.4) is 0 Å². The third-order valence-electron chi connectivity index (χ3n) is 5.02. The molecule has 2 aromatic heterocycles. The van der Waals surface area contributed by atoms with Crippen LogP contribution in [0.5, 0.6) is 0 Å². The maximum atomic E-state index is 12.6. The van der Waals surface area contributed by atoms with Crippen molar-refractivity contribution in [2.24, 2.45) is 0 Å². The van der Waals surface area contributed by atoms with E-state index in [1.54, 1.807) is 0 Å². The molecule has 1 saturated heterocycles. The van der Waals surface area contributed by atoms with Crippen molar-refractivity contribution in [2.45, 2.75) is 26.8 Å². The lowest BCUT2D eigenvalue weighted by Gasteiger charge is -2.36. The minimum absolute atomic E-state index is 0.177. The second kappa shape index (κ2) is 7.34. The number of fused-ring (bicyclic) bond motifs is 1. The molecule has 0 unspecified atom stereocenters. The summed E-state index contributed by atoms with van der Waals surface area (Å²) in [5.74, 6) is 0.177. The van der Waals surface area contributed by atoms with Crippen molar-refractivity contribution in [1.82, 2.24) is 24.9 Å². The van der Waals surface area contributed by atoms with Gasteiger partial charge < -0.3 is 9.80 Å². The molecule has 0 aliphatic carbocycles. The minimum Gasteiger partial charge on any atom is -0.368 e. The summed E-state index contributed by atoms with van der Waals surface area (Å²) in [5.41, 5.74) is 5.09. The summed E-state index contributed by atoms with van der Waals surface area (Å²) in [6.07, 6.45) is 0.445. The molecule has 1 amide bonds. The topological polar surface area (TPSA) is 67.2 Å². The Morgan fingerprint density at radius 3 is 2.48 bits per heavy atom. The summed E-state index contributed by atoms with van der Waals surface area (Å²) in [5, 5.41) is 8.31. The molecule has 27 heavy (non-hydrogen) atoms. The van der Waals surface area contributed by atoms with Crippen LogP contribution in [-0.4, -0.2) is 57.0 Å². The van der Waals surface area contributed by atoms with E-state index in [0.717, 1.165) is 48.6 Å². The molecule has 0 spiro atoms. The average Bonchev–Trinajstić information content (AvgIpc) is 3.09. The SMILES string of the molecule is Cc1cc(N2CCN(C(=O)CCn3nnc4ccccc43)CC2)cc(C)n1. The van der Waals surface area contributed by atoms with E-state index >= 15 is 0 Å². The van der Waals surface area contributed by atoms with Gasteiger partial charge in [-0.2, -0.15) is 0 Å². The van der Waals surface area contributed by atoms with Gasteiger partial charge in [0, 0.05) is 49.7 Å². The zero-order valence-corrected chi connectivity index (χ0v) is 15.8. The number of carbonyl (C=O) groups is 1. The van der Waals surface area contributed by atoms with Crippen molar-refractivity contribution < 1.29 is 4.79 Å². The highest BCUT2D eigenvalue weighted by molar-refractivity contribution is 5.77. The third-order valence-corrected chi connectivity index (χ3v) is 5.02. The normalized spacial score (nSPS) is 14.7. The summed E-state index contributed by atoms with van der Waals surface area (Å²) in [6, 6.07) is 12.0. The van der Waals surface area contributed by atoms with Gasteiger partial charge in [0.2, 0.25) is 5.91 Å². The van der Waals surface area contributed by atoms with Crippen LogP contribution in [0, 0.1) is 13.8 Å². The second-order valence-electron chi connectivity index (χ2n) is 7.03. The molecular weight excluding hydrogens is 340 g/mol. The molecule has 1 aromatic carbocycles. The largest absolute Gasteiger partial charge is 0.368 e. The van der Waals surface area contributed by atoms with Gasteiger partial charge >= 0.3 is 0 Å². The van der Waals surface area contributed by atoms with Gasteiger partial charge in [-0.25, -0.2) is 4.68 Å². The van der Waals surface area contributed by atoms with Crippen LogP contribution in [0.4, 0.5) is 5.69 Å². The van der Waals surface area contributed by atoms with Crippen LogP contribution in [0.2, 0.25) is 0 Å². The van der Waals surface area contributed by atoms with Crippen LogP contribution in [0.1, 0.15) is 17.8 Å². The number of amides is 1. The molecule has 140 valence electrons. The maximum absolute atomic E-state index is 12.6. The Kier molecular flexibility index (Phi) is 4.75. The predicted molar refractivity (Wildman–Crippen MR) is 105 cm³/mol. The molecule has 0 N–H and O–H groups in total. The van der Waals surface area contributed by atoms with E-state index in [9.17, 15) is 4.79 Å². The monoisotopic (exact) mass is 364 g/mol. The zero-order valence-electron chi connectivity index (χ0n) is 15.8. The molecule has 3 heterocycles. The highest BCUT2D eigenvalue weighted by Gasteiger charge is 2.21. The summed E-state index contributed by atoms with van der Waals surface area (Å²) in [4.78, 5) is 21.3. The molecule has 3 aromatic rings. The molecule has 0 atom stereocenters. The van der Waals surface area contributed by atoms with E-state index in [1.807, 2.05) is 47.7 Å². The van der Waals surface area contributed by atoms with E-state index in [0.29, 0.717) is 13.0 Å². The quantitative estimate of drug-likeness (QED) is 0.710. The number of benzene rings is 1. The molecule has 0 bridgehead atoms. The molecule has 7 heteroatoms. The number of hydrogen-bond donors (Lipinski definition) is 0. The van der Waals surface area contributed by atoms with E-state index in [2.05, 4.69) is 32.3 Å². The van der Waals surface area contributed by atoms with Gasteiger partial charge in [-0.05, 0) is 38.1 Å². The van der Waals surface area contributed by atoms with Gasteiger partial charge in [0.1, 0.15) is 5.52 Å². The number of piperazine rings is 1. The predicted octanol–water partition coefficient (Wildman–Crippen LogP) is 2.18. The summed E-state index contributed by atoms with van der Waals surface area (Å²) in [7, 11) is 0. The summed E-state index contributed by atoms with van der Waals surface area (Å²) >= 11 is 0. The van der Waals surface area contributed by atoms with Crippen molar-refractivity contribution in [2.75, 3.05) is 31.1 Å². The molecule has 1 aliphatic heterocycles. The number of para-hydroxylation sites is 1. The minimum atomic E-state index is 0.177. The fourth-order valence-corrected chi connectivity index (χ4v) is 3.65. The molecule has 7 nitrogen and oxygen atoms in total. The summed E-state index contributed by atoms with van der Waals surface area (Å²) in [6.45, 7) is 7.78. The Labute approximate surface area is 158 Å². The van der Waals surface area contributed by atoms with Crippen LogP contribution in [0.15, 0.2) is 36.4 Å². The second-order valence-corrected chi connectivity index (χ2v) is 7.03. The standard InChI is InChI=1S/C20H24N6O/c1-15-13-17(14-16(2)21-15)24-9-11-25(12-10-24)20(27)7-8-26-19-6-4-3-5-18(19)22-23-26/h3-6,13-14H,7-12H2,1-2H3. The maximum Gasteiger partial charge on any atom is 0.224 e. The van der Waals surface area contributed by atoms with Crippen LogP contribution < -0.4 is 4.90 Å². The van der Waals surface area contributed by atoms with Crippen molar-refractivity contribution in [3.63, 3.8) is 0 Å². The Bertz CT molecular complexity index is 938. The van der Waals surface area contributed by atoms with Crippen molar-refractivity contribution >= 4 is 22.6 Å². The number of carbonyl (C=O) groups excluding carboxylic acids is 1. The summed E-state index contributed by atoms with van der Waals surface area (Å²) < 4.78 is 1.81. The van der Waals surface area contributed by atoms with Crippen molar-refractivity contribution in [3.05, 3.63) is 47.8 Å². The lowest BCUT2D eigenvalue weighted by atomic mass is 10.2. The van der Waals surface area contributed by atoms with Gasteiger partial charge in [-0.3, -0.25) is 9.78 Å². The van der Waals surface area contributed by atoms with Crippen LogP contribution >= 0.6 is 0 Å². The number of pyridine rings is 1. The molecule has 0 saturated carbocycles. The fourth-order valence-electron chi connectivity index (χ4n) is 3.65. The molecule has 0 radical (unpaired) electrons. The molecule has 1 aliphatic rings. The van der Waals surface area contributed by atoms with Gasteiger partial charge in [0.15, 0.2) is 0 Å². The smallest absolute Gasteiger partial charge is 0.224 e. The highest BCUT2D eigenvalue weighted by atomic mass is 16.2. The van der Waals surface area contributed by atoms with E-state index in [4.69, 9.17) is 0 Å². The Morgan fingerprint density at radius 1 is 1.04 bits per heavy atom. The Hall–Kier alpha value is -2.96. The number of nitrogens with zero attached hydrogens (tertiary/aromatic N) is 6. The number of rotatable bonds is 4. The molecular formula is C20H24N6O. The number of aryl methyl sites for hydroxylation is 3. The van der Waals surface area contributed by atoms with Gasteiger partial charge in [-0.15, -0.1) is 5.10 Å². The van der Waals surface area contributed by atoms with Crippen molar-refractivity contribution in [1.29, 1.82) is 0 Å². The Morgan fingerprint density at radius 2 is 1.74 bits per heavy atom.